The number of anilines is 1. The molecule has 0 unspecified atom stereocenters. The van der Waals surface area contributed by atoms with Gasteiger partial charge in [0.25, 0.3) is 5.91 Å². The Kier molecular flexibility index (Phi) is 7.50. The second-order valence-electron chi connectivity index (χ2n) is 6.59. The van der Waals surface area contributed by atoms with E-state index in [1.165, 1.54) is 0 Å². The van der Waals surface area contributed by atoms with Crippen molar-refractivity contribution in [3.63, 3.8) is 0 Å². The van der Waals surface area contributed by atoms with Crippen LogP contribution in [0.25, 0.3) is 6.08 Å². The van der Waals surface area contributed by atoms with Crippen molar-refractivity contribution in [2.24, 2.45) is 0 Å². The zero-order chi connectivity index (χ0) is 21.5. The van der Waals surface area contributed by atoms with Crippen LogP contribution in [0.5, 0.6) is 5.75 Å². The minimum absolute atomic E-state index is 0.0289. The Morgan fingerprint density at radius 3 is 2.47 bits per heavy atom. The van der Waals surface area contributed by atoms with E-state index >= 15 is 0 Å². The fraction of sp³-hybridized carbons (Fsp3) is 0.0833. The third-order valence-electron chi connectivity index (χ3n) is 4.25. The Bertz CT molecular complexity index is 1120. The lowest BCUT2D eigenvalue weighted by Crippen LogP contribution is -2.13. The molecule has 1 N–H and O–H groups in total. The molecule has 0 aliphatic carbocycles. The van der Waals surface area contributed by atoms with Crippen molar-refractivity contribution in [1.82, 2.24) is 0 Å². The van der Waals surface area contributed by atoms with Crippen LogP contribution in [0, 0.1) is 21.8 Å². The first kappa shape index (κ1) is 21.9. The van der Waals surface area contributed by atoms with Gasteiger partial charge in [-0.05, 0) is 83.1 Å². The number of amides is 1. The molecular formula is C24H18ClIN2O2. The van der Waals surface area contributed by atoms with Crippen molar-refractivity contribution in [1.29, 1.82) is 5.26 Å². The number of nitriles is 1. The molecule has 3 rings (SSSR count). The summed E-state index contributed by atoms with van der Waals surface area (Å²) in [6.07, 6.45) is 1.56. The monoisotopic (exact) mass is 528 g/mol. The standard InChI is InChI=1S/C24H18ClIN2O2/c1-16-2-9-21(10-3-16)28-24(29)19(14-27)12-18-6-11-23(22(26)13-18)30-15-17-4-7-20(25)8-5-17/h2-13H,15H2,1H3,(H,28,29)/b19-12+. The third kappa shape index (κ3) is 6.09. The number of hydrogen-bond acceptors (Lipinski definition) is 3. The normalized spacial score (nSPS) is 10.9. The molecular weight excluding hydrogens is 511 g/mol. The second-order valence-corrected chi connectivity index (χ2v) is 8.19. The summed E-state index contributed by atoms with van der Waals surface area (Å²) in [5, 5.41) is 12.8. The van der Waals surface area contributed by atoms with Gasteiger partial charge in [-0.15, -0.1) is 0 Å². The lowest BCUT2D eigenvalue weighted by Gasteiger charge is -2.09. The Labute approximate surface area is 194 Å². The first-order chi connectivity index (χ1) is 14.4. The Morgan fingerprint density at radius 2 is 1.83 bits per heavy atom. The second kappa shape index (κ2) is 10.3. The van der Waals surface area contributed by atoms with Crippen LogP contribution in [0.2, 0.25) is 5.02 Å². The molecule has 3 aromatic carbocycles. The Balaban J connectivity index is 1.69. The third-order valence-corrected chi connectivity index (χ3v) is 5.34. The molecule has 4 nitrogen and oxygen atoms in total. The maximum Gasteiger partial charge on any atom is 0.266 e. The molecule has 0 atom stereocenters. The number of ether oxygens (including phenoxy) is 1. The molecule has 0 bridgehead atoms. The van der Waals surface area contributed by atoms with Crippen LogP contribution in [-0.4, -0.2) is 5.91 Å². The van der Waals surface area contributed by atoms with Gasteiger partial charge >= 0.3 is 0 Å². The van der Waals surface area contributed by atoms with Gasteiger partial charge < -0.3 is 10.1 Å². The van der Waals surface area contributed by atoms with E-state index < -0.39 is 5.91 Å². The molecule has 150 valence electrons. The van der Waals surface area contributed by atoms with E-state index in [2.05, 4.69) is 27.9 Å². The molecule has 0 heterocycles. The summed E-state index contributed by atoms with van der Waals surface area (Å²) < 4.78 is 6.75. The molecule has 0 aromatic heterocycles. The first-order valence-electron chi connectivity index (χ1n) is 9.11. The van der Waals surface area contributed by atoms with Crippen molar-refractivity contribution in [2.75, 3.05) is 5.32 Å². The number of carbonyl (C=O) groups is 1. The fourth-order valence-corrected chi connectivity index (χ4v) is 3.44. The summed E-state index contributed by atoms with van der Waals surface area (Å²) >= 11 is 8.07. The molecule has 6 heteroatoms. The van der Waals surface area contributed by atoms with E-state index in [0.717, 1.165) is 26.0 Å². The van der Waals surface area contributed by atoms with Gasteiger partial charge in [0.05, 0.1) is 3.57 Å². The molecule has 0 spiro atoms. The summed E-state index contributed by atoms with van der Waals surface area (Å²) in [4.78, 5) is 12.4. The van der Waals surface area contributed by atoms with Gasteiger partial charge in [-0.2, -0.15) is 5.26 Å². The summed E-state index contributed by atoms with van der Waals surface area (Å²) in [5.74, 6) is 0.282. The average Bonchev–Trinajstić information content (AvgIpc) is 2.74. The highest BCUT2D eigenvalue weighted by Gasteiger charge is 2.10. The summed E-state index contributed by atoms with van der Waals surface area (Å²) in [7, 11) is 0. The summed E-state index contributed by atoms with van der Waals surface area (Å²) in [5.41, 5.74) is 3.53. The van der Waals surface area contributed by atoms with Crippen LogP contribution >= 0.6 is 34.2 Å². The Morgan fingerprint density at radius 1 is 1.13 bits per heavy atom. The molecule has 1 amide bonds. The van der Waals surface area contributed by atoms with Gasteiger partial charge in [0.2, 0.25) is 0 Å². The van der Waals surface area contributed by atoms with Crippen LogP contribution in [0.1, 0.15) is 16.7 Å². The van der Waals surface area contributed by atoms with Crippen LogP contribution in [0.15, 0.2) is 72.3 Å². The van der Waals surface area contributed by atoms with Gasteiger partial charge in [0, 0.05) is 10.7 Å². The lowest BCUT2D eigenvalue weighted by atomic mass is 10.1. The van der Waals surface area contributed by atoms with E-state index in [1.807, 2.05) is 67.6 Å². The van der Waals surface area contributed by atoms with Crippen molar-refractivity contribution in [3.05, 3.63) is 97.6 Å². The maximum atomic E-state index is 12.4. The average molecular weight is 529 g/mol. The number of hydrogen-bond donors (Lipinski definition) is 1. The number of nitrogens with zero attached hydrogens (tertiary/aromatic N) is 1. The van der Waals surface area contributed by atoms with Gasteiger partial charge in [0.1, 0.15) is 24.0 Å². The number of carbonyl (C=O) groups excluding carboxylic acids is 1. The minimum atomic E-state index is -0.445. The summed E-state index contributed by atoms with van der Waals surface area (Å²) in [6.45, 7) is 2.39. The highest BCUT2D eigenvalue weighted by Crippen LogP contribution is 2.25. The number of benzene rings is 3. The lowest BCUT2D eigenvalue weighted by molar-refractivity contribution is -0.112. The maximum absolute atomic E-state index is 12.4. The smallest absolute Gasteiger partial charge is 0.266 e. The number of nitrogens with one attached hydrogen (secondary N) is 1. The highest BCUT2D eigenvalue weighted by molar-refractivity contribution is 14.1. The predicted molar refractivity (Wildman–Crippen MR) is 128 cm³/mol. The van der Waals surface area contributed by atoms with Crippen molar-refractivity contribution in [3.8, 4) is 11.8 Å². The molecule has 30 heavy (non-hydrogen) atoms. The number of halogens is 2. The molecule has 0 saturated heterocycles. The highest BCUT2D eigenvalue weighted by atomic mass is 127. The van der Waals surface area contributed by atoms with Gasteiger partial charge in [0.15, 0.2) is 0 Å². The van der Waals surface area contributed by atoms with E-state index in [1.54, 1.807) is 18.2 Å². The Hall–Kier alpha value is -2.82. The van der Waals surface area contributed by atoms with Crippen LogP contribution < -0.4 is 10.1 Å². The largest absolute Gasteiger partial charge is 0.488 e. The quantitative estimate of drug-likeness (QED) is 0.229. The zero-order valence-corrected chi connectivity index (χ0v) is 19.1. The van der Waals surface area contributed by atoms with E-state index in [-0.39, 0.29) is 5.57 Å². The molecule has 0 saturated carbocycles. The van der Waals surface area contributed by atoms with Gasteiger partial charge in [-0.3, -0.25) is 4.79 Å². The molecule has 0 radical (unpaired) electrons. The van der Waals surface area contributed by atoms with Crippen molar-refractivity contribution in [2.45, 2.75) is 13.5 Å². The topological polar surface area (TPSA) is 62.1 Å². The fourth-order valence-electron chi connectivity index (χ4n) is 2.62. The molecule has 0 fully saturated rings. The first-order valence-corrected chi connectivity index (χ1v) is 10.6. The molecule has 0 aliphatic heterocycles. The van der Waals surface area contributed by atoms with Crippen molar-refractivity contribution >= 4 is 51.9 Å². The number of aryl methyl sites for hydroxylation is 1. The minimum Gasteiger partial charge on any atom is -0.488 e. The van der Waals surface area contributed by atoms with E-state index in [4.69, 9.17) is 16.3 Å². The summed E-state index contributed by atoms with van der Waals surface area (Å²) in [6, 6.07) is 22.4. The molecule has 3 aromatic rings. The van der Waals surface area contributed by atoms with Gasteiger partial charge in [-0.1, -0.05) is 47.5 Å². The zero-order valence-electron chi connectivity index (χ0n) is 16.2. The van der Waals surface area contributed by atoms with Gasteiger partial charge in [-0.25, -0.2) is 0 Å². The van der Waals surface area contributed by atoms with E-state index in [0.29, 0.717) is 17.3 Å². The SMILES string of the molecule is Cc1ccc(NC(=O)/C(C#N)=C/c2ccc(OCc3ccc(Cl)cc3)c(I)c2)cc1. The van der Waals surface area contributed by atoms with E-state index in [9.17, 15) is 10.1 Å². The van der Waals surface area contributed by atoms with Crippen LogP contribution in [0.3, 0.4) is 0 Å². The van der Waals surface area contributed by atoms with Crippen LogP contribution in [0.4, 0.5) is 5.69 Å². The van der Waals surface area contributed by atoms with Crippen molar-refractivity contribution < 1.29 is 9.53 Å². The predicted octanol–water partition coefficient (Wildman–Crippen LogP) is 6.38. The number of rotatable bonds is 6. The molecule has 0 aliphatic rings. The van der Waals surface area contributed by atoms with Crippen LogP contribution in [-0.2, 0) is 11.4 Å².